The van der Waals surface area contributed by atoms with Crippen molar-refractivity contribution in [3.05, 3.63) is 70.3 Å². The molecule has 1 N–H and O–H groups in total. The molecule has 0 aliphatic carbocycles. The lowest BCUT2D eigenvalue weighted by Gasteiger charge is -2.22. The number of hydrogen-bond acceptors (Lipinski definition) is 5. The summed E-state index contributed by atoms with van der Waals surface area (Å²) in [7, 11) is 0. The first-order valence-electron chi connectivity index (χ1n) is 7.92. The van der Waals surface area contributed by atoms with Crippen LogP contribution in [0.1, 0.15) is 18.4 Å². The van der Waals surface area contributed by atoms with E-state index in [-0.39, 0.29) is 31.7 Å². The van der Waals surface area contributed by atoms with E-state index in [4.69, 9.17) is 9.84 Å². The van der Waals surface area contributed by atoms with E-state index >= 15 is 0 Å². The lowest BCUT2D eigenvalue weighted by Crippen LogP contribution is -2.32. The van der Waals surface area contributed by atoms with Crippen molar-refractivity contribution in [1.29, 1.82) is 0 Å². The van der Waals surface area contributed by atoms with Crippen LogP contribution in [0.15, 0.2) is 54.6 Å². The Morgan fingerprint density at radius 2 is 1.73 bits per heavy atom. The average molecular weight is 358 g/mol. The Balaban J connectivity index is 2.09. The standard InChI is InChI=1S/C18H18N2O6/c21-17(22)7-4-12-19(15-8-10-16(11-9-15)20(24)25)18(23)26-13-14-5-2-1-3-6-14/h1-3,5-6,8-11H,4,7,12-13H2,(H,21,22). The van der Waals surface area contributed by atoms with E-state index in [1.165, 1.54) is 29.2 Å². The summed E-state index contributed by atoms with van der Waals surface area (Å²) >= 11 is 0. The quantitative estimate of drug-likeness (QED) is 0.570. The van der Waals surface area contributed by atoms with Crippen LogP contribution in [0, 0.1) is 10.1 Å². The molecule has 0 atom stereocenters. The lowest BCUT2D eigenvalue weighted by atomic mass is 10.2. The number of ether oxygens (including phenoxy) is 1. The number of amides is 1. The van der Waals surface area contributed by atoms with Gasteiger partial charge in [0.15, 0.2) is 0 Å². The van der Waals surface area contributed by atoms with Gasteiger partial charge in [0.05, 0.1) is 4.92 Å². The van der Waals surface area contributed by atoms with Crippen molar-refractivity contribution in [2.24, 2.45) is 0 Å². The zero-order valence-electron chi connectivity index (χ0n) is 13.9. The van der Waals surface area contributed by atoms with Gasteiger partial charge in [-0.3, -0.25) is 19.8 Å². The highest BCUT2D eigenvalue weighted by atomic mass is 16.6. The van der Waals surface area contributed by atoms with Gasteiger partial charge in [0.1, 0.15) is 6.61 Å². The van der Waals surface area contributed by atoms with Gasteiger partial charge in [-0.1, -0.05) is 30.3 Å². The smallest absolute Gasteiger partial charge is 0.414 e. The van der Waals surface area contributed by atoms with Crippen LogP contribution < -0.4 is 4.90 Å². The monoisotopic (exact) mass is 358 g/mol. The molecular formula is C18H18N2O6. The molecule has 0 heterocycles. The van der Waals surface area contributed by atoms with Crippen LogP contribution in [0.4, 0.5) is 16.2 Å². The number of non-ortho nitro benzene ring substituents is 1. The molecule has 0 aliphatic heterocycles. The second kappa shape index (κ2) is 9.16. The molecule has 0 radical (unpaired) electrons. The molecule has 0 saturated heterocycles. The van der Waals surface area contributed by atoms with Crippen molar-refractivity contribution in [2.45, 2.75) is 19.4 Å². The number of carboxylic acids is 1. The molecule has 0 aromatic heterocycles. The Morgan fingerprint density at radius 3 is 2.31 bits per heavy atom. The largest absolute Gasteiger partial charge is 0.481 e. The molecular weight excluding hydrogens is 340 g/mol. The molecule has 0 saturated carbocycles. The number of anilines is 1. The number of carbonyl (C=O) groups excluding carboxylic acids is 1. The summed E-state index contributed by atoms with van der Waals surface area (Å²) < 4.78 is 5.29. The van der Waals surface area contributed by atoms with E-state index < -0.39 is 17.0 Å². The highest BCUT2D eigenvalue weighted by Gasteiger charge is 2.19. The van der Waals surface area contributed by atoms with Gasteiger partial charge in [-0.2, -0.15) is 0 Å². The minimum absolute atomic E-state index is 0.0715. The maximum absolute atomic E-state index is 12.4. The normalized spacial score (nSPS) is 10.2. The van der Waals surface area contributed by atoms with E-state index in [0.29, 0.717) is 5.69 Å². The summed E-state index contributed by atoms with van der Waals surface area (Å²) in [5.74, 6) is -0.966. The number of nitro benzene ring substituents is 1. The number of carbonyl (C=O) groups is 2. The summed E-state index contributed by atoms with van der Waals surface area (Å²) in [5, 5.41) is 19.5. The molecule has 0 bridgehead atoms. The summed E-state index contributed by atoms with van der Waals surface area (Å²) in [5.41, 5.74) is 1.12. The Kier molecular flexibility index (Phi) is 6.67. The molecule has 136 valence electrons. The second-order valence-corrected chi connectivity index (χ2v) is 5.46. The van der Waals surface area contributed by atoms with E-state index in [9.17, 15) is 19.7 Å². The molecule has 2 rings (SSSR count). The van der Waals surface area contributed by atoms with Gasteiger partial charge in [-0.05, 0) is 24.1 Å². The van der Waals surface area contributed by atoms with Crippen LogP contribution in [-0.4, -0.2) is 28.6 Å². The second-order valence-electron chi connectivity index (χ2n) is 5.46. The van der Waals surface area contributed by atoms with E-state index in [1.807, 2.05) is 30.3 Å². The fourth-order valence-electron chi connectivity index (χ4n) is 2.27. The van der Waals surface area contributed by atoms with Gasteiger partial charge >= 0.3 is 12.1 Å². The predicted octanol–water partition coefficient (Wildman–Crippen LogP) is 3.60. The Morgan fingerprint density at radius 1 is 1.08 bits per heavy atom. The van der Waals surface area contributed by atoms with Crippen molar-refractivity contribution in [3.8, 4) is 0 Å². The topological polar surface area (TPSA) is 110 Å². The molecule has 0 aliphatic rings. The Hall–Kier alpha value is -3.42. The minimum atomic E-state index is -0.966. The van der Waals surface area contributed by atoms with Gasteiger partial charge in [0.2, 0.25) is 0 Å². The van der Waals surface area contributed by atoms with Crippen molar-refractivity contribution in [3.63, 3.8) is 0 Å². The van der Waals surface area contributed by atoms with E-state index in [1.54, 1.807) is 0 Å². The number of aliphatic carboxylic acids is 1. The first kappa shape index (κ1) is 18.9. The SMILES string of the molecule is O=C(O)CCCN(C(=O)OCc1ccccc1)c1ccc([N+](=O)[O-])cc1. The van der Waals surface area contributed by atoms with Gasteiger partial charge in [0.25, 0.3) is 5.69 Å². The van der Waals surface area contributed by atoms with E-state index in [2.05, 4.69) is 0 Å². The maximum atomic E-state index is 12.4. The van der Waals surface area contributed by atoms with Crippen molar-refractivity contribution in [1.82, 2.24) is 0 Å². The van der Waals surface area contributed by atoms with Gasteiger partial charge in [-0.25, -0.2) is 4.79 Å². The van der Waals surface area contributed by atoms with Crippen LogP contribution >= 0.6 is 0 Å². The highest BCUT2D eigenvalue weighted by molar-refractivity contribution is 5.87. The molecule has 0 spiro atoms. The number of benzene rings is 2. The Labute approximate surface area is 149 Å². The van der Waals surface area contributed by atoms with Gasteiger partial charge < -0.3 is 9.84 Å². The number of nitro groups is 1. The molecule has 0 unspecified atom stereocenters. The number of nitrogens with zero attached hydrogens (tertiary/aromatic N) is 2. The van der Waals surface area contributed by atoms with Crippen LogP contribution in [0.25, 0.3) is 0 Å². The van der Waals surface area contributed by atoms with E-state index in [0.717, 1.165) is 5.56 Å². The van der Waals surface area contributed by atoms with Crippen LogP contribution in [0.5, 0.6) is 0 Å². The molecule has 26 heavy (non-hydrogen) atoms. The molecule has 8 nitrogen and oxygen atoms in total. The predicted molar refractivity (Wildman–Crippen MR) is 93.9 cm³/mol. The molecule has 1 amide bonds. The minimum Gasteiger partial charge on any atom is -0.481 e. The van der Waals surface area contributed by atoms with Gasteiger partial charge in [0, 0.05) is 30.8 Å². The number of carboxylic acid groups (broad SMARTS) is 1. The third-order valence-electron chi connectivity index (χ3n) is 3.57. The summed E-state index contributed by atoms with van der Waals surface area (Å²) in [4.78, 5) is 34.6. The number of rotatable bonds is 8. The third-order valence-corrected chi connectivity index (χ3v) is 3.57. The van der Waals surface area contributed by atoms with Crippen molar-refractivity contribution >= 4 is 23.4 Å². The first-order valence-corrected chi connectivity index (χ1v) is 7.92. The summed E-state index contributed by atoms with van der Waals surface area (Å²) in [6.45, 7) is 0.194. The molecule has 2 aromatic rings. The molecule has 0 fully saturated rings. The first-order chi connectivity index (χ1) is 12.5. The fourth-order valence-corrected chi connectivity index (χ4v) is 2.27. The molecule has 2 aromatic carbocycles. The van der Waals surface area contributed by atoms with Crippen LogP contribution in [0.3, 0.4) is 0 Å². The van der Waals surface area contributed by atoms with Crippen molar-refractivity contribution < 1.29 is 24.4 Å². The Bertz CT molecular complexity index is 761. The average Bonchev–Trinajstić information content (AvgIpc) is 2.64. The third kappa shape index (κ3) is 5.59. The van der Waals surface area contributed by atoms with Gasteiger partial charge in [-0.15, -0.1) is 0 Å². The van der Waals surface area contributed by atoms with Crippen LogP contribution in [-0.2, 0) is 16.1 Å². The number of hydrogen-bond donors (Lipinski definition) is 1. The lowest BCUT2D eigenvalue weighted by molar-refractivity contribution is -0.384. The van der Waals surface area contributed by atoms with Crippen LogP contribution in [0.2, 0.25) is 0 Å². The highest BCUT2D eigenvalue weighted by Crippen LogP contribution is 2.21. The van der Waals surface area contributed by atoms with Crippen molar-refractivity contribution in [2.75, 3.05) is 11.4 Å². The zero-order valence-corrected chi connectivity index (χ0v) is 13.9. The zero-order chi connectivity index (χ0) is 18.9. The fraction of sp³-hybridized carbons (Fsp3) is 0.222. The maximum Gasteiger partial charge on any atom is 0.414 e. The summed E-state index contributed by atoms with van der Waals surface area (Å²) in [6, 6.07) is 14.6. The summed E-state index contributed by atoms with van der Waals surface area (Å²) in [6.07, 6.45) is -0.518. The molecule has 8 heteroatoms.